The molecule has 1 aromatic rings. The Labute approximate surface area is 121 Å². The summed E-state index contributed by atoms with van der Waals surface area (Å²) in [5.41, 5.74) is 5.28. The maximum absolute atomic E-state index is 12.1. The second kappa shape index (κ2) is 6.74. The van der Waals surface area contributed by atoms with Crippen LogP contribution in [0.4, 0.5) is 0 Å². The van der Waals surface area contributed by atoms with Crippen molar-refractivity contribution >= 4 is 23.6 Å². The van der Waals surface area contributed by atoms with E-state index in [0.29, 0.717) is 31.7 Å². The lowest BCUT2D eigenvalue weighted by atomic mass is 9.96. The molecule has 1 aliphatic heterocycles. The lowest BCUT2D eigenvalue weighted by molar-refractivity contribution is -0.132. The molecular weight excluding hydrogens is 278 g/mol. The Bertz CT molecular complexity index is 482. The van der Waals surface area contributed by atoms with Gasteiger partial charge >= 0.3 is 0 Å². The number of likely N-dealkylation sites (tertiary alicyclic amines) is 1. The van der Waals surface area contributed by atoms with E-state index in [0.717, 1.165) is 11.7 Å². The van der Waals surface area contributed by atoms with Gasteiger partial charge in [0.1, 0.15) is 6.33 Å². The summed E-state index contributed by atoms with van der Waals surface area (Å²) in [6, 6.07) is 0. The predicted octanol–water partition coefficient (Wildman–Crippen LogP) is 0.114. The van der Waals surface area contributed by atoms with Gasteiger partial charge in [0.25, 0.3) is 0 Å². The van der Waals surface area contributed by atoms with Crippen LogP contribution in [-0.2, 0) is 16.1 Å². The molecule has 1 aliphatic rings. The first-order valence-corrected chi connectivity index (χ1v) is 7.68. The van der Waals surface area contributed by atoms with Gasteiger partial charge in [0.15, 0.2) is 5.16 Å². The molecule has 2 N–H and O–H groups in total. The summed E-state index contributed by atoms with van der Waals surface area (Å²) in [6.45, 7) is 4.00. The minimum atomic E-state index is -0.262. The van der Waals surface area contributed by atoms with Crippen LogP contribution in [0.15, 0.2) is 11.5 Å². The third kappa shape index (κ3) is 3.50. The second-order valence-electron chi connectivity index (χ2n) is 4.75. The molecule has 110 valence electrons. The van der Waals surface area contributed by atoms with Crippen LogP contribution in [-0.4, -0.2) is 50.3 Å². The van der Waals surface area contributed by atoms with Crippen LogP contribution in [0.2, 0.25) is 0 Å². The number of thioether (sulfide) groups is 1. The van der Waals surface area contributed by atoms with Crippen molar-refractivity contribution in [3.63, 3.8) is 0 Å². The molecular formula is C12H19N5O2S. The molecule has 0 radical (unpaired) electrons. The SMILES string of the molecule is CCn1cnnc1SCC(=O)N1CCC(C(N)=O)CC1. The largest absolute Gasteiger partial charge is 0.369 e. The standard InChI is InChI=1S/C12H19N5O2S/c1-2-16-8-14-15-12(16)20-7-10(18)17-5-3-9(4-6-17)11(13)19/h8-9H,2-7H2,1H3,(H2,13,19). The van der Waals surface area contributed by atoms with Gasteiger partial charge in [0.2, 0.25) is 11.8 Å². The fraction of sp³-hybridized carbons (Fsp3) is 0.667. The van der Waals surface area contributed by atoms with Crippen molar-refractivity contribution in [2.75, 3.05) is 18.8 Å². The van der Waals surface area contributed by atoms with E-state index in [9.17, 15) is 9.59 Å². The lowest BCUT2D eigenvalue weighted by Gasteiger charge is -2.30. The van der Waals surface area contributed by atoms with E-state index in [1.54, 1.807) is 11.2 Å². The van der Waals surface area contributed by atoms with Gasteiger partial charge in [-0.1, -0.05) is 11.8 Å². The van der Waals surface area contributed by atoms with Gasteiger partial charge in [0.05, 0.1) is 5.75 Å². The van der Waals surface area contributed by atoms with E-state index >= 15 is 0 Å². The van der Waals surface area contributed by atoms with Crippen LogP contribution >= 0.6 is 11.8 Å². The van der Waals surface area contributed by atoms with E-state index in [1.165, 1.54) is 11.8 Å². The number of aryl methyl sites for hydroxylation is 1. The highest BCUT2D eigenvalue weighted by molar-refractivity contribution is 7.99. The zero-order valence-corrected chi connectivity index (χ0v) is 12.3. The number of piperidine rings is 1. The molecule has 2 heterocycles. The topological polar surface area (TPSA) is 94.1 Å². The Kier molecular flexibility index (Phi) is 4.99. The average Bonchev–Trinajstić information content (AvgIpc) is 2.92. The van der Waals surface area contributed by atoms with Gasteiger partial charge in [-0.05, 0) is 19.8 Å². The van der Waals surface area contributed by atoms with Crippen molar-refractivity contribution in [1.29, 1.82) is 0 Å². The van der Waals surface area contributed by atoms with E-state index in [-0.39, 0.29) is 17.7 Å². The summed E-state index contributed by atoms with van der Waals surface area (Å²) in [7, 11) is 0. The molecule has 0 spiro atoms. The summed E-state index contributed by atoms with van der Waals surface area (Å²) in [4.78, 5) is 25.0. The van der Waals surface area contributed by atoms with Crippen LogP contribution < -0.4 is 5.73 Å². The van der Waals surface area contributed by atoms with Crippen molar-refractivity contribution in [2.45, 2.75) is 31.5 Å². The third-order valence-electron chi connectivity index (χ3n) is 3.50. The average molecular weight is 297 g/mol. The molecule has 0 aliphatic carbocycles. The maximum Gasteiger partial charge on any atom is 0.233 e. The Morgan fingerprint density at radius 3 is 2.75 bits per heavy atom. The van der Waals surface area contributed by atoms with Gasteiger partial charge in [-0.25, -0.2) is 0 Å². The number of aromatic nitrogens is 3. The first-order valence-electron chi connectivity index (χ1n) is 6.69. The zero-order valence-electron chi connectivity index (χ0n) is 11.5. The molecule has 2 rings (SSSR count). The molecule has 0 bridgehead atoms. The number of nitrogens with two attached hydrogens (primary N) is 1. The number of nitrogens with zero attached hydrogens (tertiary/aromatic N) is 4. The third-order valence-corrected chi connectivity index (χ3v) is 4.46. The number of carbonyl (C=O) groups is 2. The molecule has 1 fully saturated rings. The van der Waals surface area contributed by atoms with Crippen molar-refractivity contribution in [3.8, 4) is 0 Å². The number of amides is 2. The fourth-order valence-corrected chi connectivity index (χ4v) is 3.09. The monoisotopic (exact) mass is 297 g/mol. The zero-order chi connectivity index (χ0) is 14.5. The maximum atomic E-state index is 12.1. The molecule has 0 atom stereocenters. The highest BCUT2D eigenvalue weighted by Crippen LogP contribution is 2.19. The van der Waals surface area contributed by atoms with Crippen LogP contribution in [0.3, 0.4) is 0 Å². The Morgan fingerprint density at radius 1 is 1.45 bits per heavy atom. The molecule has 1 aromatic heterocycles. The van der Waals surface area contributed by atoms with Gasteiger partial charge < -0.3 is 15.2 Å². The van der Waals surface area contributed by atoms with E-state index < -0.39 is 0 Å². The first-order chi connectivity index (χ1) is 9.61. The minimum Gasteiger partial charge on any atom is -0.369 e. The summed E-state index contributed by atoms with van der Waals surface area (Å²) < 4.78 is 1.90. The van der Waals surface area contributed by atoms with Crippen molar-refractivity contribution in [2.24, 2.45) is 11.7 Å². The molecule has 20 heavy (non-hydrogen) atoms. The normalized spacial score (nSPS) is 16.4. The van der Waals surface area contributed by atoms with Gasteiger partial charge in [0, 0.05) is 25.6 Å². The van der Waals surface area contributed by atoms with Crippen LogP contribution in [0, 0.1) is 5.92 Å². The highest BCUT2D eigenvalue weighted by atomic mass is 32.2. The molecule has 8 heteroatoms. The summed E-state index contributed by atoms with van der Waals surface area (Å²) in [5, 5.41) is 8.57. The lowest BCUT2D eigenvalue weighted by Crippen LogP contribution is -2.42. The summed E-state index contributed by atoms with van der Waals surface area (Å²) in [6.07, 6.45) is 2.99. The van der Waals surface area contributed by atoms with Gasteiger partial charge in [-0.3, -0.25) is 9.59 Å². The summed E-state index contributed by atoms with van der Waals surface area (Å²) in [5.74, 6) is 0.0703. The van der Waals surface area contributed by atoms with Crippen LogP contribution in [0.5, 0.6) is 0 Å². The quantitative estimate of drug-likeness (QED) is 0.779. The molecule has 7 nitrogen and oxygen atoms in total. The van der Waals surface area contributed by atoms with E-state index in [4.69, 9.17) is 5.73 Å². The van der Waals surface area contributed by atoms with Crippen LogP contribution in [0.25, 0.3) is 0 Å². The Balaban J connectivity index is 1.80. The molecule has 0 saturated carbocycles. The number of carbonyl (C=O) groups excluding carboxylic acids is 2. The van der Waals surface area contributed by atoms with Crippen molar-refractivity contribution < 1.29 is 9.59 Å². The number of hydrogen-bond donors (Lipinski definition) is 1. The molecule has 0 unspecified atom stereocenters. The molecule has 2 amide bonds. The summed E-state index contributed by atoms with van der Waals surface area (Å²) >= 11 is 1.39. The van der Waals surface area contributed by atoms with Crippen LogP contribution in [0.1, 0.15) is 19.8 Å². The smallest absolute Gasteiger partial charge is 0.233 e. The molecule has 0 aromatic carbocycles. The minimum absolute atomic E-state index is 0.0728. The van der Waals surface area contributed by atoms with E-state index in [1.807, 2.05) is 11.5 Å². The highest BCUT2D eigenvalue weighted by Gasteiger charge is 2.25. The van der Waals surface area contributed by atoms with Crippen molar-refractivity contribution in [1.82, 2.24) is 19.7 Å². The van der Waals surface area contributed by atoms with Gasteiger partial charge in [-0.15, -0.1) is 10.2 Å². The fourth-order valence-electron chi connectivity index (χ4n) is 2.20. The second-order valence-corrected chi connectivity index (χ2v) is 5.69. The Hall–Kier alpha value is -1.57. The predicted molar refractivity (Wildman–Crippen MR) is 74.9 cm³/mol. The first kappa shape index (κ1) is 14.8. The van der Waals surface area contributed by atoms with E-state index in [2.05, 4.69) is 10.2 Å². The Morgan fingerprint density at radius 2 is 2.15 bits per heavy atom. The number of rotatable bonds is 5. The number of hydrogen-bond acceptors (Lipinski definition) is 5. The van der Waals surface area contributed by atoms with Crippen molar-refractivity contribution in [3.05, 3.63) is 6.33 Å². The molecule has 1 saturated heterocycles. The van der Waals surface area contributed by atoms with Gasteiger partial charge in [-0.2, -0.15) is 0 Å². The number of primary amides is 1.